The number of hydrogen-bond donors (Lipinski definition) is 5. The summed E-state index contributed by atoms with van der Waals surface area (Å²) >= 11 is 71.6. The van der Waals surface area contributed by atoms with E-state index < -0.39 is 22.1 Å². The van der Waals surface area contributed by atoms with Crippen LogP contribution in [0.2, 0.25) is 50.2 Å². The summed E-state index contributed by atoms with van der Waals surface area (Å²) in [5.41, 5.74) is 6.74. The Morgan fingerprint density at radius 1 is 0.609 bits per heavy atom. The molecule has 2 aliphatic carbocycles. The van der Waals surface area contributed by atoms with Crippen molar-refractivity contribution in [2.75, 3.05) is 38.5 Å². The number of anilines is 2. The number of pyridine rings is 7. The van der Waals surface area contributed by atoms with Crippen molar-refractivity contribution in [3.63, 3.8) is 0 Å². The van der Waals surface area contributed by atoms with Crippen molar-refractivity contribution < 1.29 is 63.2 Å². The zero-order valence-electron chi connectivity index (χ0n) is 48.2. The van der Waals surface area contributed by atoms with Gasteiger partial charge in [0.15, 0.2) is 51.2 Å². The van der Waals surface area contributed by atoms with Crippen LogP contribution in [0.5, 0.6) is 23.0 Å². The highest BCUT2D eigenvalue weighted by atomic mass is 35.6. The van der Waals surface area contributed by atoms with E-state index in [1.807, 2.05) is 0 Å². The minimum absolute atomic E-state index is 0.0356. The standard InChI is InChI=1S/C17H16Cl2N2O4.C11H13NO4.2C7H6Cl2N2O2.C7H6Cl2N2O.C5H4Cl2N2.CHCl3/c1-24-17-6-20-14(5-16(17)25-9-10-2-3-10)15(22)4-11-12(18)7-21(23)8-13(11)19;1-15-10-5-12-8(11(13)14)4-9(10)16-6-7-2-3-7;2*1-4(12)10-7-5(8)2-11(13)3-6(7)9;1-4(12)11-7-5(8)2-10-3-6(7)9;6-3-1-9-2-4(7)5(3)8;2-1(3)4/h5-8,10H,2-4,9H2,1H3;4-5,7H,2-3,6H2,1H3,(H,13,14);2*2-3,13H,1H3;2-3H,1H3,(H,10,11,12);1-2H,(H2,8,9);1H. The molecule has 7 heterocycles. The third-order valence-electron chi connectivity index (χ3n) is 10.8. The maximum absolute atomic E-state index is 12.5. The normalized spacial score (nSPS) is 11.6. The summed E-state index contributed by atoms with van der Waals surface area (Å²) in [5, 5.41) is 43.0. The van der Waals surface area contributed by atoms with Crippen molar-refractivity contribution >= 4 is 192 Å². The monoisotopic (exact) mass is 1530 g/mol. The van der Waals surface area contributed by atoms with Crippen LogP contribution in [0.25, 0.3) is 0 Å². The summed E-state index contributed by atoms with van der Waals surface area (Å²) in [6.45, 7) is 5.15. The fourth-order valence-corrected chi connectivity index (χ4v) is 8.73. The van der Waals surface area contributed by atoms with E-state index in [0.717, 1.165) is 25.2 Å². The molecule has 0 radical (unpaired) electrons. The van der Waals surface area contributed by atoms with Gasteiger partial charge in [-0.15, -0.1) is 0 Å². The van der Waals surface area contributed by atoms with Gasteiger partial charge in [0.05, 0.1) is 116 Å². The molecule has 0 aliphatic heterocycles. The Morgan fingerprint density at radius 3 is 1.29 bits per heavy atom. The number of ketones is 1. The molecule has 0 bridgehead atoms. The van der Waals surface area contributed by atoms with Crippen LogP contribution >= 0.6 is 151 Å². The first kappa shape index (κ1) is 80.0. The summed E-state index contributed by atoms with van der Waals surface area (Å²) in [5.74, 6) is 0.654. The summed E-state index contributed by atoms with van der Waals surface area (Å²) in [7, 11) is 3.02. The first-order valence-corrected chi connectivity index (χ1v) is 30.7. The molecule has 37 heteroatoms. The quantitative estimate of drug-likeness (QED) is 0.0235. The molecule has 2 fully saturated rings. The largest absolute Gasteiger partial charge is 0.619 e. The molecule has 24 nitrogen and oxygen atoms in total. The van der Waals surface area contributed by atoms with Crippen LogP contribution in [0, 0.1) is 17.0 Å². The van der Waals surface area contributed by atoms with Crippen molar-refractivity contribution in [1.29, 1.82) is 0 Å². The number of amides is 3. The van der Waals surface area contributed by atoms with Gasteiger partial charge >= 0.3 is 5.97 Å². The van der Waals surface area contributed by atoms with Gasteiger partial charge in [-0.05, 0) is 37.5 Å². The van der Waals surface area contributed by atoms with Crippen LogP contribution in [0.1, 0.15) is 73.0 Å². The zero-order chi connectivity index (χ0) is 69.1. The number of carboxylic acid groups (broad SMARTS) is 1. The number of Topliss-reactive ketones (excluding diaryl/α,β-unsaturated/α-hetero) is 1. The van der Waals surface area contributed by atoms with Crippen molar-refractivity contribution in [3.05, 3.63) is 170 Å². The van der Waals surface area contributed by atoms with E-state index in [2.05, 4.69) is 35.2 Å². The van der Waals surface area contributed by atoms with E-state index in [4.69, 9.17) is 191 Å². The number of alkyl halides is 3. The predicted octanol–water partition coefficient (Wildman–Crippen LogP) is 14.1. The smallest absolute Gasteiger partial charge is 0.354 e. The number of carbonyl (C=O) groups excluding carboxylic acids is 4. The molecule has 6 N–H and O–H groups in total. The fourth-order valence-electron chi connectivity index (χ4n) is 6.25. The molecule has 0 unspecified atom stereocenters. The Labute approximate surface area is 589 Å². The molecule has 2 aliphatic rings. The number of halogens is 13. The second-order valence-corrected chi connectivity index (χ2v) is 24.2. The molecule has 2 saturated carbocycles. The van der Waals surface area contributed by atoms with E-state index in [-0.39, 0.29) is 70.3 Å². The third kappa shape index (κ3) is 29.4. The second-order valence-electron chi connectivity index (χ2n) is 18.2. The number of aromatic carboxylic acids is 1. The number of nitrogens with two attached hydrogens (primary N) is 1. The maximum atomic E-state index is 12.5. The number of methoxy groups -OCH3 is 2. The van der Waals surface area contributed by atoms with Crippen LogP contribution in [0.3, 0.4) is 0 Å². The number of nitrogens with one attached hydrogen (secondary N) is 1. The average Bonchev–Trinajstić information content (AvgIpc) is 1.32. The lowest BCUT2D eigenvalue weighted by Crippen LogP contribution is -2.25. The van der Waals surface area contributed by atoms with Crippen molar-refractivity contribution in [3.8, 4) is 23.0 Å². The van der Waals surface area contributed by atoms with Gasteiger partial charge in [-0.1, -0.05) is 151 Å². The highest BCUT2D eigenvalue weighted by Crippen LogP contribution is 2.35. The fraction of sp³-hybridized carbons (Fsp3) is 0.273. The summed E-state index contributed by atoms with van der Waals surface area (Å²) in [6.07, 6.45) is 20.2. The first-order chi connectivity index (χ1) is 43.2. The molecule has 0 spiro atoms. The van der Waals surface area contributed by atoms with E-state index in [1.54, 1.807) is 6.07 Å². The highest BCUT2D eigenvalue weighted by Gasteiger charge is 2.25. The molecule has 0 saturated heterocycles. The van der Waals surface area contributed by atoms with Crippen LogP contribution in [0.15, 0.2) is 96.5 Å². The van der Waals surface area contributed by atoms with Gasteiger partial charge < -0.3 is 50.7 Å². The lowest BCUT2D eigenvalue weighted by molar-refractivity contribution is -0.605. The molecule has 7 aromatic rings. The molecule has 9 rings (SSSR count). The van der Waals surface area contributed by atoms with Gasteiger partial charge in [-0.3, -0.25) is 29.1 Å². The van der Waals surface area contributed by atoms with Gasteiger partial charge in [-0.25, -0.2) is 24.7 Å². The Bertz CT molecular complexity index is 3660. The van der Waals surface area contributed by atoms with Crippen LogP contribution in [0.4, 0.5) is 11.4 Å². The Hall–Kier alpha value is -6.23. The molecular formula is C55H52Cl13N11O13. The molecule has 7 aromatic heterocycles. The number of carbonyl (C=O) groups is 5. The molecular weight excluding hydrogens is 1480 g/mol. The van der Waals surface area contributed by atoms with Gasteiger partial charge in [0, 0.05) is 69.7 Å². The topological polar surface area (TPSA) is 334 Å². The molecule has 496 valence electrons. The van der Waals surface area contributed by atoms with Gasteiger partial charge in [-0.2, -0.15) is 14.2 Å². The number of hydrogen-bond acceptors (Lipinski definition) is 17. The zero-order valence-corrected chi connectivity index (χ0v) is 58.0. The first-order valence-electron chi connectivity index (χ1n) is 25.6. The minimum Gasteiger partial charge on any atom is -0.619 e. The summed E-state index contributed by atoms with van der Waals surface area (Å²) in [4.78, 5) is 77.7. The van der Waals surface area contributed by atoms with E-state index in [0.29, 0.717) is 99.3 Å². The van der Waals surface area contributed by atoms with Crippen molar-refractivity contribution in [2.45, 2.75) is 57.2 Å². The van der Waals surface area contributed by atoms with E-state index >= 15 is 0 Å². The average molecular weight is 1540 g/mol. The number of ether oxygens (including phenoxy) is 4. The van der Waals surface area contributed by atoms with E-state index in [1.165, 1.54) is 116 Å². The predicted molar refractivity (Wildman–Crippen MR) is 353 cm³/mol. The highest BCUT2D eigenvalue weighted by molar-refractivity contribution is 6.63. The van der Waals surface area contributed by atoms with E-state index in [9.17, 15) is 29.2 Å². The third-order valence-corrected chi connectivity index (χ3v) is 13.7. The molecule has 0 atom stereocenters. The van der Waals surface area contributed by atoms with Gasteiger partial charge in [0.1, 0.15) is 26.5 Å². The van der Waals surface area contributed by atoms with Crippen LogP contribution in [-0.4, -0.2) is 106 Å². The SMILES string of the molecule is CC(=O)N=c1c(Cl)cn(O)cc1Cl.CC(=O)N=c1c(Cl)cn(O)cc1Cl.CC(=O)Nc1c(Cl)cncc1Cl.COc1cnc(C(=O)Cc2c(Cl)c[n+]([O-])cc2Cl)cc1OCC1CC1.COc1cnc(C(=O)O)cc1OCC1CC1.ClC(Cl)Cl.Nc1c(Cl)cncc1Cl. The van der Waals surface area contributed by atoms with Gasteiger partial charge in [0.25, 0.3) is 0 Å². The Balaban J connectivity index is 0.000000293. The summed E-state index contributed by atoms with van der Waals surface area (Å²) in [6, 6.07) is 2.95. The lowest BCUT2D eigenvalue weighted by atomic mass is 10.1. The summed E-state index contributed by atoms with van der Waals surface area (Å²) < 4.78 is 22.7. The molecule has 3 amide bonds. The second kappa shape index (κ2) is 40.1. The van der Waals surface area contributed by atoms with Crippen LogP contribution < -0.4 is 45.4 Å². The number of nitrogen functional groups attached to an aromatic ring is 1. The Morgan fingerprint density at radius 2 is 0.967 bits per heavy atom. The van der Waals surface area contributed by atoms with Crippen molar-refractivity contribution in [2.24, 2.45) is 21.8 Å². The van der Waals surface area contributed by atoms with Gasteiger partial charge in [0.2, 0.25) is 17.7 Å². The Kier molecular flexibility index (Phi) is 34.9. The lowest BCUT2D eigenvalue weighted by Gasteiger charge is -2.11. The van der Waals surface area contributed by atoms with Crippen LogP contribution in [-0.2, 0) is 20.8 Å². The molecule has 0 aromatic carbocycles. The number of nitrogens with zero attached hydrogens (tertiary/aromatic N) is 9. The number of carboxylic acids is 1. The number of rotatable bonds is 13. The molecule has 92 heavy (non-hydrogen) atoms. The maximum Gasteiger partial charge on any atom is 0.354 e. The minimum atomic E-state index is -1.07. The van der Waals surface area contributed by atoms with Crippen molar-refractivity contribution in [1.82, 2.24) is 29.4 Å². The number of aromatic nitrogens is 7.